The lowest BCUT2D eigenvalue weighted by molar-refractivity contribution is -0.119. The summed E-state index contributed by atoms with van der Waals surface area (Å²) in [6.45, 7) is 6.49. The number of thioether (sulfide) groups is 1. The van der Waals surface area contributed by atoms with Gasteiger partial charge in [-0.1, -0.05) is 56.7 Å². The Kier molecular flexibility index (Phi) is 7.24. The molecule has 0 fully saturated rings. The number of rotatable bonds is 9. The molecular weight excluding hydrogens is 322 g/mol. The number of carbonyl (C=O) groups is 1. The van der Waals surface area contributed by atoms with Gasteiger partial charge >= 0.3 is 0 Å². The summed E-state index contributed by atoms with van der Waals surface area (Å²) in [5.74, 6) is 1.03. The predicted molar refractivity (Wildman–Crippen MR) is 96.2 cm³/mol. The highest BCUT2D eigenvalue weighted by atomic mass is 32.2. The second kappa shape index (κ2) is 9.42. The smallest absolute Gasteiger partial charge is 0.230 e. The van der Waals surface area contributed by atoms with Crippen LogP contribution in [0, 0.1) is 5.92 Å². The summed E-state index contributed by atoms with van der Waals surface area (Å²) in [6.07, 6.45) is 3.34. The fraction of sp³-hybridized carbons (Fsp3) is 0.529. The maximum Gasteiger partial charge on any atom is 0.230 e. The predicted octanol–water partition coefficient (Wildman–Crippen LogP) is 3.09. The number of carbonyl (C=O) groups excluding carboxylic acids is 1. The van der Waals surface area contributed by atoms with Gasteiger partial charge in [0.2, 0.25) is 11.1 Å². The van der Waals surface area contributed by atoms with Gasteiger partial charge in [0.25, 0.3) is 0 Å². The SMILES string of the molecule is CC(C)CCC[C@H](C)NC(=O)CSc1nnnn1-c1ccccc1. The molecule has 0 aliphatic heterocycles. The van der Waals surface area contributed by atoms with Crippen molar-refractivity contribution in [2.24, 2.45) is 5.92 Å². The van der Waals surface area contributed by atoms with Gasteiger partial charge in [-0.15, -0.1) is 5.10 Å². The lowest BCUT2D eigenvalue weighted by Crippen LogP contribution is -2.33. The first-order valence-corrected chi connectivity index (χ1v) is 9.30. The van der Waals surface area contributed by atoms with E-state index in [0.717, 1.165) is 18.5 Å². The Balaban J connectivity index is 1.79. The molecule has 0 saturated heterocycles. The van der Waals surface area contributed by atoms with Gasteiger partial charge in [0.15, 0.2) is 0 Å². The minimum Gasteiger partial charge on any atom is -0.353 e. The fourth-order valence-electron chi connectivity index (χ4n) is 2.35. The largest absolute Gasteiger partial charge is 0.353 e. The molecule has 0 aliphatic rings. The molecular formula is C17H25N5OS. The Hall–Kier alpha value is -1.89. The van der Waals surface area contributed by atoms with E-state index in [1.165, 1.54) is 18.2 Å². The minimum absolute atomic E-state index is 0.0136. The summed E-state index contributed by atoms with van der Waals surface area (Å²) in [5, 5.41) is 15.3. The summed E-state index contributed by atoms with van der Waals surface area (Å²) in [5.41, 5.74) is 0.882. The number of aromatic nitrogens is 4. The van der Waals surface area contributed by atoms with Crippen LogP contribution in [0.2, 0.25) is 0 Å². The number of tetrazole rings is 1. The van der Waals surface area contributed by atoms with Crippen LogP contribution in [0.4, 0.5) is 0 Å². The molecule has 0 bridgehead atoms. The highest BCUT2D eigenvalue weighted by molar-refractivity contribution is 7.99. The standard InChI is InChI=1S/C17H25N5OS/c1-13(2)8-7-9-14(3)18-16(23)12-24-17-19-20-21-22(17)15-10-5-4-6-11-15/h4-6,10-11,13-14H,7-9,12H2,1-3H3,(H,18,23)/t14-/m0/s1. The van der Waals surface area contributed by atoms with E-state index in [-0.39, 0.29) is 11.9 Å². The van der Waals surface area contributed by atoms with E-state index in [0.29, 0.717) is 16.8 Å². The molecule has 1 aromatic heterocycles. The zero-order valence-corrected chi connectivity index (χ0v) is 15.3. The van der Waals surface area contributed by atoms with Crippen LogP contribution in [0.1, 0.15) is 40.0 Å². The molecule has 2 rings (SSSR count). The van der Waals surface area contributed by atoms with E-state index < -0.39 is 0 Å². The quantitative estimate of drug-likeness (QED) is 0.706. The zero-order chi connectivity index (χ0) is 17.4. The second-order valence-corrected chi connectivity index (χ2v) is 7.23. The lowest BCUT2D eigenvalue weighted by Gasteiger charge is -2.14. The molecule has 0 unspecified atom stereocenters. The molecule has 0 aliphatic carbocycles. The molecule has 7 heteroatoms. The van der Waals surface area contributed by atoms with Gasteiger partial charge in [0.1, 0.15) is 0 Å². The molecule has 1 amide bonds. The zero-order valence-electron chi connectivity index (χ0n) is 14.5. The normalized spacial score (nSPS) is 12.3. The average molecular weight is 347 g/mol. The van der Waals surface area contributed by atoms with E-state index in [4.69, 9.17) is 0 Å². The van der Waals surface area contributed by atoms with Crippen molar-refractivity contribution < 1.29 is 4.79 Å². The van der Waals surface area contributed by atoms with Gasteiger partial charge in [-0.2, -0.15) is 4.68 Å². The molecule has 0 spiro atoms. The number of hydrogen-bond donors (Lipinski definition) is 1. The first kappa shape index (κ1) is 18.4. The number of nitrogens with one attached hydrogen (secondary N) is 1. The Morgan fingerprint density at radius 2 is 1.96 bits per heavy atom. The molecule has 2 aromatic rings. The van der Waals surface area contributed by atoms with Gasteiger partial charge in [0.05, 0.1) is 11.4 Å². The van der Waals surface area contributed by atoms with Gasteiger partial charge < -0.3 is 5.32 Å². The molecule has 1 heterocycles. The Labute approximate surface area is 147 Å². The summed E-state index contributed by atoms with van der Waals surface area (Å²) >= 11 is 1.34. The monoisotopic (exact) mass is 347 g/mol. The molecule has 24 heavy (non-hydrogen) atoms. The van der Waals surface area contributed by atoms with E-state index in [1.807, 2.05) is 30.3 Å². The highest BCUT2D eigenvalue weighted by Gasteiger charge is 2.13. The van der Waals surface area contributed by atoms with Crippen LogP contribution in [-0.4, -0.2) is 37.9 Å². The molecule has 1 aromatic carbocycles. The maximum absolute atomic E-state index is 12.1. The lowest BCUT2D eigenvalue weighted by atomic mass is 10.0. The molecule has 1 N–H and O–H groups in total. The van der Waals surface area contributed by atoms with Crippen molar-refractivity contribution >= 4 is 17.7 Å². The van der Waals surface area contributed by atoms with Crippen LogP contribution in [0.25, 0.3) is 5.69 Å². The van der Waals surface area contributed by atoms with Crippen molar-refractivity contribution in [2.75, 3.05) is 5.75 Å². The van der Waals surface area contributed by atoms with Gasteiger partial charge in [-0.25, -0.2) is 0 Å². The third kappa shape index (κ3) is 5.96. The molecule has 1 atom stereocenters. The Morgan fingerprint density at radius 3 is 2.67 bits per heavy atom. The van der Waals surface area contributed by atoms with Gasteiger partial charge in [0, 0.05) is 6.04 Å². The van der Waals surface area contributed by atoms with E-state index >= 15 is 0 Å². The minimum atomic E-state index is 0.0136. The van der Waals surface area contributed by atoms with Crippen molar-refractivity contribution in [1.82, 2.24) is 25.5 Å². The number of para-hydroxylation sites is 1. The van der Waals surface area contributed by atoms with Crippen LogP contribution in [0.5, 0.6) is 0 Å². The summed E-state index contributed by atoms with van der Waals surface area (Å²) in [4.78, 5) is 12.1. The molecule has 0 radical (unpaired) electrons. The van der Waals surface area contributed by atoms with Crippen molar-refractivity contribution in [3.8, 4) is 5.69 Å². The molecule has 130 valence electrons. The van der Waals surface area contributed by atoms with Gasteiger partial charge in [-0.05, 0) is 41.8 Å². The highest BCUT2D eigenvalue weighted by Crippen LogP contribution is 2.17. The third-order valence-electron chi connectivity index (χ3n) is 3.60. The van der Waals surface area contributed by atoms with Crippen molar-refractivity contribution in [2.45, 2.75) is 51.2 Å². The van der Waals surface area contributed by atoms with E-state index in [1.54, 1.807) is 4.68 Å². The first-order valence-electron chi connectivity index (χ1n) is 8.32. The van der Waals surface area contributed by atoms with Crippen LogP contribution < -0.4 is 5.32 Å². The van der Waals surface area contributed by atoms with Gasteiger partial charge in [-0.3, -0.25) is 4.79 Å². The van der Waals surface area contributed by atoms with Crippen LogP contribution in [-0.2, 0) is 4.79 Å². The van der Waals surface area contributed by atoms with Crippen molar-refractivity contribution in [1.29, 1.82) is 0 Å². The number of amides is 1. The Bertz CT molecular complexity index is 629. The molecule has 0 saturated carbocycles. The van der Waals surface area contributed by atoms with Crippen molar-refractivity contribution in [3.05, 3.63) is 30.3 Å². The Morgan fingerprint density at radius 1 is 1.21 bits per heavy atom. The number of benzene rings is 1. The fourth-order valence-corrected chi connectivity index (χ4v) is 3.05. The first-order chi connectivity index (χ1) is 11.6. The van der Waals surface area contributed by atoms with Crippen LogP contribution in [0.3, 0.4) is 0 Å². The molecule has 6 nitrogen and oxygen atoms in total. The summed E-state index contributed by atoms with van der Waals surface area (Å²) < 4.78 is 1.64. The van der Waals surface area contributed by atoms with Crippen LogP contribution in [0.15, 0.2) is 35.5 Å². The second-order valence-electron chi connectivity index (χ2n) is 6.29. The topological polar surface area (TPSA) is 72.7 Å². The average Bonchev–Trinajstić information content (AvgIpc) is 3.02. The van der Waals surface area contributed by atoms with E-state index in [2.05, 4.69) is 41.6 Å². The number of nitrogens with zero attached hydrogens (tertiary/aromatic N) is 4. The summed E-state index contributed by atoms with van der Waals surface area (Å²) in [7, 11) is 0. The van der Waals surface area contributed by atoms with E-state index in [9.17, 15) is 4.79 Å². The maximum atomic E-state index is 12.1. The third-order valence-corrected chi connectivity index (χ3v) is 4.52. The summed E-state index contributed by atoms with van der Waals surface area (Å²) in [6, 6.07) is 9.85. The number of hydrogen-bond acceptors (Lipinski definition) is 5. The van der Waals surface area contributed by atoms with Crippen molar-refractivity contribution in [3.63, 3.8) is 0 Å². The van der Waals surface area contributed by atoms with Crippen LogP contribution >= 0.6 is 11.8 Å².